The van der Waals surface area contributed by atoms with Gasteiger partial charge in [-0.3, -0.25) is 4.79 Å². The molecule has 3 N–H and O–H groups in total. The van der Waals surface area contributed by atoms with Gasteiger partial charge in [0.05, 0.1) is 6.42 Å². The highest BCUT2D eigenvalue weighted by Gasteiger charge is 2.27. The molecule has 1 heterocycles. The summed E-state index contributed by atoms with van der Waals surface area (Å²) in [6.45, 7) is 7.39. The summed E-state index contributed by atoms with van der Waals surface area (Å²) in [5, 5.41) is 21.9. The second-order valence-corrected chi connectivity index (χ2v) is 10.3. The van der Waals surface area contributed by atoms with Gasteiger partial charge in [-0.15, -0.1) is 4.73 Å². The van der Waals surface area contributed by atoms with Gasteiger partial charge in [0, 0.05) is 18.6 Å². The summed E-state index contributed by atoms with van der Waals surface area (Å²) in [5.41, 5.74) is -0.751. The van der Waals surface area contributed by atoms with Gasteiger partial charge in [-0.25, -0.2) is 9.59 Å². The fraction of sp³-hybridized carbons (Fsp3) is 0.741. The molecule has 9 heteroatoms. The van der Waals surface area contributed by atoms with Gasteiger partial charge in [-0.2, -0.15) is 0 Å². The van der Waals surface area contributed by atoms with Crippen LogP contribution < -0.4 is 10.2 Å². The summed E-state index contributed by atoms with van der Waals surface area (Å²) in [6.07, 6.45) is 13.0. The Hall–Kier alpha value is -2.71. The topological polar surface area (TPSA) is 127 Å². The lowest BCUT2D eigenvalue weighted by Crippen LogP contribution is -2.44. The Bertz CT molecular complexity index is 779. The molecule has 0 aromatic carbocycles. The lowest BCUT2D eigenvalue weighted by Gasteiger charge is -2.24. The molecule has 0 bridgehead atoms. The van der Waals surface area contributed by atoms with E-state index in [1.807, 2.05) is 0 Å². The quantitative estimate of drug-likeness (QED) is 0.184. The average Bonchev–Trinajstić information content (AvgIpc) is 3.11. The van der Waals surface area contributed by atoms with Crippen LogP contribution in [0, 0.1) is 0 Å². The van der Waals surface area contributed by atoms with Crippen molar-refractivity contribution in [3.63, 3.8) is 0 Å². The maximum atomic E-state index is 12.6. The molecule has 0 saturated carbocycles. The molecule has 1 amide bonds. The molecule has 9 nitrogen and oxygen atoms in total. The van der Waals surface area contributed by atoms with Gasteiger partial charge >= 0.3 is 11.9 Å². The minimum atomic E-state index is -1.01. The molecule has 0 aliphatic rings. The van der Waals surface area contributed by atoms with Crippen LogP contribution in [-0.4, -0.2) is 44.4 Å². The first-order valence-electron chi connectivity index (χ1n) is 13.4. The molecule has 206 valence electrons. The molecule has 0 aliphatic heterocycles. The zero-order valence-corrected chi connectivity index (χ0v) is 22.5. The Morgan fingerprint density at radius 3 is 1.86 bits per heavy atom. The highest BCUT2D eigenvalue weighted by Crippen LogP contribution is 2.19. The zero-order chi connectivity index (χ0) is 27.0. The summed E-state index contributed by atoms with van der Waals surface area (Å²) in [4.78, 5) is 42.2. The first-order valence-corrected chi connectivity index (χ1v) is 13.4. The van der Waals surface area contributed by atoms with E-state index in [0.717, 1.165) is 19.3 Å². The largest absolute Gasteiger partial charge is 0.492 e. The number of nitrogens with zero attached hydrogens (tertiary/aromatic N) is 1. The summed E-state index contributed by atoms with van der Waals surface area (Å²) >= 11 is 0. The lowest BCUT2D eigenvalue weighted by molar-refractivity contribution is -0.159. The average molecular weight is 511 g/mol. The summed E-state index contributed by atoms with van der Waals surface area (Å²) < 4.78 is 5.98. The maximum absolute atomic E-state index is 12.6. The van der Waals surface area contributed by atoms with Gasteiger partial charge < -0.3 is 25.1 Å². The van der Waals surface area contributed by atoms with Crippen LogP contribution in [0.4, 0.5) is 0 Å². The molecular weight excluding hydrogens is 464 g/mol. The van der Waals surface area contributed by atoms with Crippen LogP contribution in [0.15, 0.2) is 12.1 Å². The van der Waals surface area contributed by atoms with Crippen LogP contribution in [0.1, 0.15) is 118 Å². The Balaban J connectivity index is 2.40. The predicted molar refractivity (Wildman–Crippen MR) is 137 cm³/mol. The number of rotatable bonds is 18. The lowest BCUT2D eigenvalue weighted by atomic mass is 10.0. The number of nitrogens with one attached hydrogen (secondary N) is 1. The van der Waals surface area contributed by atoms with Crippen LogP contribution in [0.25, 0.3) is 0 Å². The number of carbonyl (C=O) groups is 3. The van der Waals surface area contributed by atoms with Gasteiger partial charge in [-0.05, 0) is 33.6 Å². The molecule has 0 fully saturated rings. The number of aromatic hydroxyl groups is 2. The van der Waals surface area contributed by atoms with E-state index >= 15 is 0 Å². The number of hydrogen-bond acceptors (Lipinski definition) is 7. The van der Waals surface area contributed by atoms with Crippen molar-refractivity contribution in [1.29, 1.82) is 0 Å². The number of aromatic nitrogens is 1. The third kappa shape index (κ3) is 14.0. The monoisotopic (exact) mass is 510 g/mol. The molecule has 1 aromatic heterocycles. The van der Waals surface area contributed by atoms with Crippen molar-refractivity contribution in [2.75, 3.05) is 0 Å². The van der Waals surface area contributed by atoms with E-state index in [9.17, 15) is 24.6 Å². The first kappa shape index (κ1) is 31.3. The molecule has 36 heavy (non-hydrogen) atoms. The molecule has 1 rings (SSSR count). The SMILES string of the molecule is CCCCCCCCCCCCCC(=O)N[C@@H](CCC(=O)On1c(O)ccc1O)C(=O)OC(C)(C)C. The normalized spacial score (nSPS) is 12.2. The van der Waals surface area contributed by atoms with E-state index in [1.54, 1.807) is 20.8 Å². The number of ether oxygens (including phenoxy) is 1. The van der Waals surface area contributed by atoms with E-state index in [0.29, 0.717) is 11.2 Å². The Kier molecular flexibility index (Phi) is 14.7. The van der Waals surface area contributed by atoms with Gasteiger partial charge in [0.25, 0.3) is 0 Å². The predicted octanol–water partition coefficient (Wildman–Crippen LogP) is 5.16. The molecular formula is C27H46N2O7. The Morgan fingerprint density at radius 2 is 1.36 bits per heavy atom. The van der Waals surface area contributed by atoms with Gasteiger partial charge in [0.15, 0.2) is 0 Å². The summed E-state index contributed by atoms with van der Waals surface area (Å²) in [7, 11) is 0. The fourth-order valence-corrected chi connectivity index (χ4v) is 3.74. The van der Waals surface area contributed by atoms with Crippen molar-refractivity contribution < 1.29 is 34.2 Å². The van der Waals surface area contributed by atoms with Crippen molar-refractivity contribution in [2.45, 2.75) is 129 Å². The standard InChI is InChI=1S/C27H46N2O7/c1-5-6-7-8-9-10-11-12-13-14-15-16-22(30)28-21(26(34)35-27(2,3)4)17-20-25(33)36-29-23(31)18-19-24(29)32/h18-19,21,31-32H,5-17,20H2,1-4H3,(H,28,30)/t21-/m0/s1. The molecule has 0 spiro atoms. The smallest absolute Gasteiger partial charge is 0.333 e. The van der Waals surface area contributed by atoms with Crippen molar-refractivity contribution in [3.8, 4) is 11.8 Å². The van der Waals surface area contributed by atoms with E-state index in [-0.39, 0.29) is 18.7 Å². The summed E-state index contributed by atoms with van der Waals surface area (Å²) in [6, 6.07) is 1.32. The molecule has 1 atom stereocenters. The van der Waals surface area contributed by atoms with Crippen LogP contribution in [0.3, 0.4) is 0 Å². The van der Waals surface area contributed by atoms with E-state index in [2.05, 4.69) is 12.2 Å². The van der Waals surface area contributed by atoms with Crippen LogP contribution in [0.2, 0.25) is 0 Å². The zero-order valence-electron chi connectivity index (χ0n) is 22.5. The summed E-state index contributed by atoms with van der Waals surface area (Å²) in [5.74, 6) is -2.57. The molecule has 0 unspecified atom stereocenters. The third-order valence-electron chi connectivity index (χ3n) is 5.66. The van der Waals surface area contributed by atoms with Crippen molar-refractivity contribution in [2.24, 2.45) is 0 Å². The molecule has 0 radical (unpaired) electrons. The second-order valence-electron chi connectivity index (χ2n) is 10.3. The first-order chi connectivity index (χ1) is 17.0. The van der Waals surface area contributed by atoms with E-state index < -0.39 is 35.3 Å². The highest BCUT2D eigenvalue weighted by atomic mass is 16.7. The molecule has 0 saturated heterocycles. The van der Waals surface area contributed by atoms with Crippen LogP contribution in [0.5, 0.6) is 11.8 Å². The van der Waals surface area contributed by atoms with Gasteiger partial charge in [-0.1, -0.05) is 71.1 Å². The number of esters is 1. The van der Waals surface area contributed by atoms with Crippen molar-refractivity contribution >= 4 is 17.8 Å². The van der Waals surface area contributed by atoms with E-state index in [4.69, 9.17) is 9.57 Å². The molecule has 1 aromatic rings. The molecule has 0 aliphatic carbocycles. The van der Waals surface area contributed by atoms with E-state index in [1.165, 1.54) is 63.5 Å². The van der Waals surface area contributed by atoms with Gasteiger partial charge in [0.2, 0.25) is 17.7 Å². The Labute approximate surface area is 215 Å². The maximum Gasteiger partial charge on any atom is 0.333 e. The number of amides is 1. The number of hydrogen-bond donors (Lipinski definition) is 3. The highest BCUT2D eigenvalue weighted by molar-refractivity contribution is 5.85. The second kappa shape index (κ2) is 16.9. The van der Waals surface area contributed by atoms with Crippen LogP contribution >= 0.6 is 0 Å². The van der Waals surface area contributed by atoms with Crippen LogP contribution in [-0.2, 0) is 19.1 Å². The number of unbranched alkanes of at least 4 members (excludes halogenated alkanes) is 10. The van der Waals surface area contributed by atoms with Crippen molar-refractivity contribution in [3.05, 3.63) is 12.1 Å². The van der Waals surface area contributed by atoms with Crippen molar-refractivity contribution in [1.82, 2.24) is 10.0 Å². The minimum absolute atomic E-state index is 0.0411. The third-order valence-corrected chi connectivity index (χ3v) is 5.66. The Morgan fingerprint density at radius 1 is 0.861 bits per heavy atom. The fourth-order valence-electron chi connectivity index (χ4n) is 3.74. The number of carbonyl (C=O) groups excluding carboxylic acids is 3. The van der Waals surface area contributed by atoms with Gasteiger partial charge in [0.1, 0.15) is 11.6 Å². The minimum Gasteiger partial charge on any atom is -0.492 e.